The first kappa shape index (κ1) is 20.0. The number of amides is 2. The molecule has 0 bridgehead atoms. The molecule has 1 aromatic carbocycles. The third-order valence-electron chi connectivity index (χ3n) is 3.17. The largest absolute Gasteiger partial charge is 0.416 e. The summed E-state index contributed by atoms with van der Waals surface area (Å²) in [5.41, 5.74) is 4.10. The van der Waals surface area contributed by atoms with Gasteiger partial charge in [0.1, 0.15) is 5.82 Å². The number of halogens is 4. The van der Waals surface area contributed by atoms with E-state index in [4.69, 9.17) is 5.73 Å². The Labute approximate surface area is 164 Å². The van der Waals surface area contributed by atoms with Gasteiger partial charge in [0, 0.05) is 12.4 Å². The molecule has 0 saturated heterocycles. The number of carbonyl (C=O) groups excluding carboxylic acids is 1. The molecule has 2 amide bonds. The van der Waals surface area contributed by atoms with Crippen molar-refractivity contribution in [2.45, 2.75) is 6.18 Å². The van der Waals surface area contributed by atoms with Gasteiger partial charge in [0.15, 0.2) is 5.01 Å². The minimum absolute atomic E-state index is 0.00717. The lowest BCUT2D eigenvalue weighted by Gasteiger charge is -2.10. The van der Waals surface area contributed by atoms with E-state index in [0.29, 0.717) is 23.8 Å². The van der Waals surface area contributed by atoms with Crippen LogP contribution in [0, 0.1) is 17.7 Å². The zero-order valence-electron chi connectivity index (χ0n) is 14.1. The Morgan fingerprint density at radius 3 is 2.52 bits per heavy atom. The van der Waals surface area contributed by atoms with Crippen molar-refractivity contribution >= 4 is 34.1 Å². The number of nitrogens with one attached hydrogen (secondary N) is 2. The monoisotopic (exact) mass is 423 g/mol. The maximum atomic E-state index is 13.7. The number of nitrogens with zero attached hydrogens (tertiary/aromatic N) is 4. The Hall–Kier alpha value is -3.79. The maximum Gasteiger partial charge on any atom is 0.416 e. The summed E-state index contributed by atoms with van der Waals surface area (Å²) < 4.78 is 51.8. The highest BCUT2D eigenvalue weighted by Gasteiger charge is 2.31. The van der Waals surface area contributed by atoms with E-state index in [0.717, 1.165) is 11.3 Å². The molecule has 3 rings (SSSR count). The van der Waals surface area contributed by atoms with E-state index in [2.05, 4.69) is 37.3 Å². The highest BCUT2D eigenvalue weighted by molar-refractivity contribution is 7.15. The number of benzene rings is 1. The number of hydrogen-bond donors (Lipinski definition) is 3. The van der Waals surface area contributed by atoms with E-state index in [1.54, 1.807) is 0 Å². The molecule has 0 aliphatic carbocycles. The second-order valence-corrected chi connectivity index (χ2v) is 6.24. The van der Waals surface area contributed by atoms with Crippen molar-refractivity contribution in [3.05, 3.63) is 52.5 Å². The molecule has 29 heavy (non-hydrogen) atoms. The molecule has 0 fully saturated rings. The van der Waals surface area contributed by atoms with Crippen LogP contribution in [0.3, 0.4) is 0 Å². The predicted molar refractivity (Wildman–Crippen MR) is 96.4 cm³/mol. The average Bonchev–Trinajstić information content (AvgIpc) is 3.09. The minimum atomic E-state index is -4.68. The van der Waals surface area contributed by atoms with Gasteiger partial charge in [-0.15, -0.1) is 10.2 Å². The van der Waals surface area contributed by atoms with Gasteiger partial charge >= 0.3 is 12.2 Å². The van der Waals surface area contributed by atoms with Crippen LogP contribution >= 0.6 is 11.3 Å². The van der Waals surface area contributed by atoms with E-state index >= 15 is 0 Å². The molecule has 0 unspecified atom stereocenters. The first-order chi connectivity index (χ1) is 13.7. The SMILES string of the molecule is Nc1ncc(C#Cc2nnc(NC(=O)Nc3cc(C(F)(F)F)ccc3F)s2)cn1. The van der Waals surface area contributed by atoms with Crippen LogP contribution in [0.15, 0.2) is 30.6 Å². The zero-order valence-corrected chi connectivity index (χ0v) is 14.9. The Morgan fingerprint density at radius 1 is 1.10 bits per heavy atom. The number of carbonyl (C=O) groups is 1. The van der Waals surface area contributed by atoms with Gasteiger partial charge in [-0.1, -0.05) is 17.3 Å². The number of hydrogen-bond acceptors (Lipinski definition) is 7. The average molecular weight is 423 g/mol. The van der Waals surface area contributed by atoms with Crippen molar-refractivity contribution in [1.82, 2.24) is 20.2 Å². The number of aromatic nitrogens is 4. The summed E-state index contributed by atoms with van der Waals surface area (Å²) in [5.74, 6) is 4.46. The second kappa shape index (κ2) is 8.07. The van der Waals surface area contributed by atoms with Gasteiger partial charge in [0.05, 0.1) is 16.8 Å². The smallest absolute Gasteiger partial charge is 0.368 e. The van der Waals surface area contributed by atoms with Crippen LogP contribution in [0.1, 0.15) is 16.1 Å². The van der Waals surface area contributed by atoms with Gasteiger partial charge < -0.3 is 11.1 Å². The summed E-state index contributed by atoms with van der Waals surface area (Å²) >= 11 is 0.899. The number of anilines is 3. The van der Waals surface area contributed by atoms with Crippen LogP contribution in [0.5, 0.6) is 0 Å². The summed E-state index contributed by atoms with van der Waals surface area (Å²) in [4.78, 5) is 19.5. The molecule has 2 heterocycles. The summed E-state index contributed by atoms with van der Waals surface area (Å²) in [7, 11) is 0. The van der Waals surface area contributed by atoms with Gasteiger partial charge in [-0.3, -0.25) is 5.32 Å². The summed E-state index contributed by atoms with van der Waals surface area (Å²) in [5, 5.41) is 11.9. The highest BCUT2D eigenvalue weighted by Crippen LogP contribution is 2.31. The number of alkyl halides is 3. The molecule has 13 heteroatoms. The molecular formula is C16H9F4N7OS. The summed E-state index contributed by atoms with van der Waals surface area (Å²) in [6.45, 7) is 0. The predicted octanol–water partition coefficient (Wildman–Crippen LogP) is 3.11. The third kappa shape index (κ3) is 5.36. The van der Waals surface area contributed by atoms with Crippen molar-refractivity contribution in [2.75, 3.05) is 16.4 Å². The number of nitrogen functional groups attached to an aromatic ring is 1. The molecule has 0 spiro atoms. The number of urea groups is 1. The standard InChI is InChI=1S/C16H9F4N7OS/c17-10-3-2-9(16(18,19)20)5-11(10)24-14(28)25-15-27-26-12(29-15)4-1-8-6-22-13(21)23-7-8/h2-3,5-7H,(H2,21,22,23)(H2,24,25,27,28). The maximum absolute atomic E-state index is 13.7. The molecule has 3 aromatic rings. The third-order valence-corrected chi connectivity index (χ3v) is 3.93. The van der Waals surface area contributed by atoms with Crippen molar-refractivity contribution in [1.29, 1.82) is 0 Å². The van der Waals surface area contributed by atoms with Crippen molar-refractivity contribution < 1.29 is 22.4 Å². The topological polar surface area (TPSA) is 119 Å². The van der Waals surface area contributed by atoms with Crippen molar-refractivity contribution in [3.63, 3.8) is 0 Å². The Morgan fingerprint density at radius 2 is 1.83 bits per heavy atom. The van der Waals surface area contributed by atoms with Gasteiger partial charge in [-0.2, -0.15) is 13.2 Å². The summed E-state index contributed by atoms with van der Waals surface area (Å²) in [6.07, 6.45) is -1.86. The van der Waals surface area contributed by atoms with Crippen LogP contribution < -0.4 is 16.4 Å². The van der Waals surface area contributed by atoms with E-state index < -0.39 is 29.3 Å². The van der Waals surface area contributed by atoms with Gasteiger partial charge in [-0.05, 0) is 24.1 Å². The fraction of sp³-hybridized carbons (Fsp3) is 0.0625. The first-order valence-corrected chi connectivity index (χ1v) is 8.40. The molecule has 0 aliphatic rings. The fourth-order valence-electron chi connectivity index (χ4n) is 1.90. The normalized spacial score (nSPS) is 10.8. The number of rotatable bonds is 2. The van der Waals surface area contributed by atoms with Gasteiger partial charge in [0.25, 0.3) is 0 Å². The first-order valence-electron chi connectivity index (χ1n) is 7.58. The van der Waals surface area contributed by atoms with Crippen LogP contribution in [-0.4, -0.2) is 26.2 Å². The molecule has 0 aliphatic heterocycles. The van der Waals surface area contributed by atoms with Crippen LogP contribution in [0.2, 0.25) is 0 Å². The molecule has 0 atom stereocenters. The molecule has 0 radical (unpaired) electrons. The molecule has 148 valence electrons. The highest BCUT2D eigenvalue weighted by atomic mass is 32.1. The molecule has 8 nitrogen and oxygen atoms in total. The second-order valence-electron chi connectivity index (χ2n) is 5.26. The van der Waals surface area contributed by atoms with Crippen LogP contribution in [0.4, 0.5) is 39.1 Å². The van der Waals surface area contributed by atoms with Gasteiger partial charge in [-0.25, -0.2) is 19.2 Å². The van der Waals surface area contributed by atoms with Crippen molar-refractivity contribution in [2.24, 2.45) is 0 Å². The lowest BCUT2D eigenvalue weighted by Crippen LogP contribution is -2.20. The fourth-order valence-corrected chi connectivity index (χ4v) is 2.49. The minimum Gasteiger partial charge on any atom is -0.368 e. The Kier molecular flexibility index (Phi) is 5.55. The molecular weight excluding hydrogens is 414 g/mol. The zero-order chi connectivity index (χ0) is 21.0. The molecule has 4 N–H and O–H groups in total. The van der Waals surface area contributed by atoms with E-state index in [-0.39, 0.29) is 16.1 Å². The van der Waals surface area contributed by atoms with E-state index in [9.17, 15) is 22.4 Å². The Balaban J connectivity index is 1.66. The Bertz CT molecular complexity index is 1100. The van der Waals surface area contributed by atoms with Gasteiger partial charge in [0.2, 0.25) is 11.1 Å². The molecule has 2 aromatic heterocycles. The van der Waals surface area contributed by atoms with E-state index in [1.807, 2.05) is 5.32 Å². The molecule has 0 saturated carbocycles. The number of nitrogens with two attached hydrogens (primary N) is 1. The summed E-state index contributed by atoms with van der Waals surface area (Å²) in [6, 6.07) is 0.671. The lowest BCUT2D eigenvalue weighted by atomic mass is 10.2. The lowest BCUT2D eigenvalue weighted by molar-refractivity contribution is -0.137. The van der Waals surface area contributed by atoms with Crippen LogP contribution in [-0.2, 0) is 6.18 Å². The van der Waals surface area contributed by atoms with Crippen LogP contribution in [0.25, 0.3) is 0 Å². The quantitative estimate of drug-likeness (QED) is 0.431. The van der Waals surface area contributed by atoms with Crippen molar-refractivity contribution in [3.8, 4) is 11.8 Å². The van der Waals surface area contributed by atoms with E-state index in [1.165, 1.54) is 12.4 Å².